The topological polar surface area (TPSA) is 74.3 Å². The molecular formula is C17H15F6NO6. The molecule has 0 N–H and O–H groups in total. The average Bonchev–Trinajstić information content (AvgIpc) is 2.69. The predicted octanol–water partition coefficient (Wildman–Crippen LogP) is 3.13. The SMILES string of the molecule is COC(=O)C1=C(C(=O)OC)N(c2c(OC)cc(C(F)(F)F)cc2C(F)(F)F)COC1. The number of halogens is 6. The number of ether oxygens (including phenoxy) is 4. The molecule has 13 heteroatoms. The van der Waals surface area contributed by atoms with Gasteiger partial charge in [0.15, 0.2) is 0 Å². The summed E-state index contributed by atoms with van der Waals surface area (Å²) in [7, 11) is 2.72. The van der Waals surface area contributed by atoms with E-state index >= 15 is 0 Å². The van der Waals surface area contributed by atoms with Gasteiger partial charge in [-0.1, -0.05) is 0 Å². The van der Waals surface area contributed by atoms with Gasteiger partial charge in [-0.2, -0.15) is 26.3 Å². The van der Waals surface area contributed by atoms with Crippen molar-refractivity contribution in [3.05, 3.63) is 34.5 Å². The number of esters is 2. The second-order valence-electron chi connectivity index (χ2n) is 5.79. The van der Waals surface area contributed by atoms with Crippen molar-refractivity contribution in [2.24, 2.45) is 0 Å². The Morgan fingerprint density at radius 2 is 1.57 bits per heavy atom. The zero-order valence-corrected chi connectivity index (χ0v) is 15.7. The number of benzene rings is 1. The predicted molar refractivity (Wildman–Crippen MR) is 87.4 cm³/mol. The van der Waals surface area contributed by atoms with Gasteiger partial charge in [-0.05, 0) is 12.1 Å². The van der Waals surface area contributed by atoms with E-state index in [-0.39, 0.29) is 6.07 Å². The van der Waals surface area contributed by atoms with Crippen LogP contribution in [0.15, 0.2) is 23.4 Å². The molecule has 0 atom stereocenters. The van der Waals surface area contributed by atoms with Crippen LogP contribution in [0.4, 0.5) is 32.0 Å². The van der Waals surface area contributed by atoms with Gasteiger partial charge < -0.3 is 23.8 Å². The zero-order chi connectivity index (χ0) is 22.9. The fraction of sp³-hybridized carbons (Fsp3) is 0.412. The van der Waals surface area contributed by atoms with E-state index in [1.54, 1.807) is 0 Å². The van der Waals surface area contributed by atoms with E-state index in [0.29, 0.717) is 11.0 Å². The van der Waals surface area contributed by atoms with Gasteiger partial charge in [0.25, 0.3) is 0 Å². The van der Waals surface area contributed by atoms with E-state index in [9.17, 15) is 35.9 Å². The molecule has 0 saturated heterocycles. The van der Waals surface area contributed by atoms with Crippen molar-refractivity contribution >= 4 is 17.6 Å². The number of rotatable bonds is 4. The van der Waals surface area contributed by atoms with Crippen molar-refractivity contribution < 1.29 is 54.9 Å². The summed E-state index contributed by atoms with van der Waals surface area (Å²) < 4.78 is 99.3. The molecule has 0 aromatic heterocycles. The third-order valence-electron chi connectivity index (χ3n) is 4.03. The van der Waals surface area contributed by atoms with Crippen LogP contribution in [0.2, 0.25) is 0 Å². The van der Waals surface area contributed by atoms with Gasteiger partial charge in [-0.3, -0.25) is 0 Å². The number of methoxy groups -OCH3 is 3. The number of carbonyl (C=O) groups is 2. The highest BCUT2D eigenvalue weighted by atomic mass is 19.4. The lowest BCUT2D eigenvalue weighted by molar-refractivity contribution is -0.143. The van der Waals surface area contributed by atoms with Crippen LogP contribution in [0.1, 0.15) is 11.1 Å². The Hall–Kier alpha value is -2.96. The Labute approximate surface area is 165 Å². The molecule has 0 spiro atoms. The van der Waals surface area contributed by atoms with Crippen molar-refractivity contribution in [1.29, 1.82) is 0 Å². The number of anilines is 1. The number of nitrogens with zero attached hydrogens (tertiary/aromatic N) is 1. The minimum absolute atomic E-state index is 0.126. The molecular weight excluding hydrogens is 428 g/mol. The van der Waals surface area contributed by atoms with Gasteiger partial charge in [0.05, 0.1) is 50.3 Å². The molecule has 0 bridgehead atoms. The average molecular weight is 443 g/mol. The highest BCUT2D eigenvalue weighted by Crippen LogP contribution is 2.47. The minimum Gasteiger partial charge on any atom is -0.495 e. The smallest absolute Gasteiger partial charge is 0.418 e. The molecule has 166 valence electrons. The van der Waals surface area contributed by atoms with E-state index < -0.39 is 71.5 Å². The molecule has 1 aliphatic rings. The number of alkyl halides is 6. The van der Waals surface area contributed by atoms with Gasteiger partial charge in [-0.15, -0.1) is 0 Å². The van der Waals surface area contributed by atoms with Crippen LogP contribution in [-0.2, 0) is 36.2 Å². The summed E-state index contributed by atoms with van der Waals surface area (Å²) in [6.07, 6.45) is -10.4. The van der Waals surface area contributed by atoms with Crippen LogP contribution in [-0.4, -0.2) is 46.6 Å². The number of hydrogen-bond donors (Lipinski definition) is 0. The standard InChI is InChI=1S/C17H15F6NO6/c1-27-11-5-8(16(18,19)20)4-10(17(21,22)23)13(11)24-7-30-6-9(14(25)28-2)12(24)15(26)29-3/h4-5H,6-7H2,1-3H3. The molecule has 0 amide bonds. The maximum Gasteiger partial charge on any atom is 0.418 e. The lowest BCUT2D eigenvalue weighted by atomic mass is 10.0. The molecule has 0 fully saturated rings. The molecule has 7 nitrogen and oxygen atoms in total. The van der Waals surface area contributed by atoms with E-state index in [1.807, 2.05) is 0 Å². The first kappa shape index (κ1) is 23.3. The van der Waals surface area contributed by atoms with Gasteiger partial charge in [0.2, 0.25) is 0 Å². The second kappa shape index (κ2) is 8.42. The number of hydrogen-bond acceptors (Lipinski definition) is 7. The molecule has 30 heavy (non-hydrogen) atoms. The molecule has 1 heterocycles. The highest BCUT2D eigenvalue weighted by molar-refractivity contribution is 6.04. The van der Waals surface area contributed by atoms with Gasteiger partial charge in [0, 0.05) is 0 Å². The van der Waals surface area contributed by atoms with Crippen LogP contribution in [0, 0.1) is 0 Å². The Balaban J connectivity index is 2.89. The van der Waals surface area contributed by atoms with Crippen LogP contribution < -0.4 is 9.64 Å². The van der Waals surface area contributed by atoms with Crippen molar-refractivity contribution in [3.63, 3.8) is 0 Å². The fourth-order valence-corrected chi connectivity index (χ4v) is 2.74. The normalized spacial score (nSPS) is 15.2. The third-order valence-corrected chi connectivity index (χ3v) is 4.03. The summed E-state index contributed by atoms with van der Waals surface area (Å²) in [4.78, 5) is 24.8. The molecule has 1 aromatic rings. The summed E-state index contributed by atoms with van der Waals surface area (Å²) in [5.74, 6) is -3.18. The second-order valence-corrected chi connectivity index (χ2v) is 5.79. The molecule has 1 aromatic carbocycles. The summed E-state index contributed by atoms with van der Waals surface area (Å²) in [6.45, 7) is -1.21. The molecule has 1 aliphatic heterocycles. The lowest BCUT2D eigenvalue weighted by Crippen LogP contribution is -2.40. The zero-order valence-electron chi connectivity index (χ0n) is 15.7. The molecule has 0 saturated carbocycles. The van der Waals surface area contributed by atoms with Gasteiger partial charge in [-0.25, -0.2) is 9.59 Å². The van der Waals surface area contributed by atoms with E-state index in [1.165, 1.54) is 0 Å². The lowest BCUT2D eigenvalue weighted by Gasteiger charge is -2.34. The van der Waals surface area contributed by atoms with Crippen molar-refractivity contribution in [2.45, 2.75) is 12.4 Å². The summed E-state index contributed by atoms with van der Waals surface area (Å²) in [5.41, 5.74) is -5.50. The maximum absolute atomic E-state index is 13.7. The van der Waals surface area contributed by atoms with Crippen LogP contribution in [0.5, 0.6) is 5.75 Å². The third kappa shape index (κ3) is 4.45. The Morgan fingerprint density at radius 1 is 0.967 bits per heavy atom. The van der Waals surface area contributed by atoms with Crippen molar-refractivity contribution in [2.75, 3.05) is 39.6 Å². The Kier molecular flexibility index (Phi) is 6.54. The molecule has 0 unspecified atom stereocenters. The fourth-order valence-electron chi connectivity index (χ4n) is 2.74. The number of carbonyl (C=O) groups excluding carboxylic acids is 2. The van der Waals surface area contributed by atoms with Crippen molar-refractivity contribution in [1.82, 2.24) is 0 Å². The van der Waals surface area contributed by atoms with Crippen LogP contribution in [0.3, 0.4) is 0 Å². The Morgan fingerprint density at radius 3 is 2.03 bits per heavy atom. The summed E-state index contributed by atoms with van der Waals surface area (Å²) in [5, 5.41) is 0. The minimum atomic E-state index is -5.28. The molecule has 2 rings (SSSR count). The van der Waals surface area contributed by atoms with Crippen LogP contribution in [0.25, 0.3) is 0 Å². The first-order valence-electron chi connectivity index (χ1n) is 7.98. The first-order chi connectivity index (χ1) is 13.9. The summed E-state index contributed by atoms with van der Waals surface area (Å²) >= 11 is 0. The van der Waals surface area contributed by atoms with E-state index in [0.717, 1.165) is 21.3 Å². The van der Waals surface area contributed by atoms with Gasteiger partial charge >= 0.3 is 24.3 Å². The van der Waals surface area contributed by atoms with E-state index in [2.05, 4.69) is 9.47 Å². The molecule has 0 radical (unpaired) electrons. The largest absolute Gasteiger partial charge is 0.495 e. The summed E-state index contributed by atoms with van der Waals surface area (Å²) in [6, 6.07) is 0.213. The maximum atomic E-state index is 13.7. The Bertz CT molecular complexity index is 877. The van der Waals surface area contributed by atoms with Crippen molar-refractivity contribution in [3.8, 4) is 5.75 Å². The van der Waals surface area contributed by atoms with Gasteiger partial charge in [0.1, 0.15) is 18.2 Å². The quantitative estimate of drug-likeness (QED) is 0.523. The van der Waals surface area contributed by atoms with E-state index in [4.69, 9.17) is 9.47 Å². The monoisotopic (exact) mass is 443 g/mol. The molecule has 0 aliphatic carbocycles. The first-order valence-corrected chi connectivity index (χ1v) is 7.98. The van der Waals surface area contributed by atoms with Crippen LogP contribution >= 0.6 is 0 Å². The highest BCUT2D eigenvalue weighted by Gasteiger charge is 2.44.